The molecular weight excluding hydrogens is 200 g/mol. The van der Waals surface area contributed by atoms with Crippen LogP contribution in [0.1, 0.15) is 45.4 Å². The molecule has 2 nitrogen and oxygen atoms in total. The monoisotopic (exact) mass is 221 g/mol. The minimum absolute atomic E-state index is 0.610. The molecule has 1 unspecified atom stereocenters. The summed E-state index contributed by atoms with van der Waals surface area (Å²) in [6, 6.07) is 9.31. The maximum absolute atomic E-state index is 11.5. The van der Waals surface area contributed by atoms with Crippen LogP contribution in [-0.2, 0) is 5.11 Å². The van der Waals surface area contributed by atoms with Gasteiger partial charge in [0.25, 0.3) is 0 Å². The van der Waals surface area contributed by atoms with Gasteiger partial charge in [0.05, 0.1) is 0 Å². The van der Waals surface area contributed by atoms with E-state index in [4.69, 9.17) is 4.74 Å². The Bertz CT molecular complexity index is 259. The Morgan fingerprint density at radius 1 is 1.06 bits per heavy atom. The molecule has 1 atom stereocenters. The molecule has 0 aromatic heterocycles. The Labute approximate surface area is 98.3 Å². The lowest BCUT2D eigenvalue weighted by Crippen LogP contribution is -2.13. The van der Waals surface area contributed by atoms with Gasteiger partial charge < -0.3 is 4.74 Å². The van der Waals surface area contributed by atoms with E-state index in [0.29, 0.717) is 12.2 Å². The van der Waals surface area contributed by atoms with Gasteiger partial charge in [0.15, 0.2) is 0 Å². The van der Waals surface area contributed by atoms with Gasteiger partial charge in [-0.1, -0.05) is 50.8 Å². The number of benzene rings is 1. The molecule has 0 amide bonds. The molecule has 0 bridgehead atoms. The van der Waals surface area contributed by atoms with E-state index in [1.54, 1.807) is 0 Å². The summed E-state index contributed by atoms with van der Waals surface area (Å²) in [4.78, 5) is 0. The molecule has 0 aliphatic rings. The topological polar surface area (TPSA) is 29.1 Å². The van der Waals surface area contributed by atoms with Gasteiger partial charge >= 0.3 is 0 Å². The number of unbranched alkanes of at least 4 members (excludes halogenated alkanes) is 4. The molecule has 1 radical (unpaired) electrons. The van der Waals surface area contributed by atoms with E-state index in [9.17, 15) is 5.11 Å². The third-order valence-electron chi connectivity index (χ3n) is 2.55. The third-order valence-corrected chi connectivity index (χ3v) is 2.55. The van der Waals surface area contributed by atoms with Gasteiger partial charge in [0, 0.05) is 6.42 Å². The smallest absolute Gasteiger partial charge is 0.231 e. The highest BCUT2D eigenvalue weighted by Gasteiger charge is 2.06. The zero-order valence-corrected chi connectivity index (χ0v) is 10.0. The van der Waals surface area contributed by atoms with Crippen molar-refractivity contribution in [3.05, 3.63) is 30.3 Å². The van der Waals surface area contributed by atoms with Crippen molar-refractivity contribution in [1.82, 2.24) is 0 Å². The predicted octanol–water partition coefficient (Wildman–Crippen LogP) is 4.18. The van der Waals surface area contributed by atoms with Crippen molar-refractivity contribution in [2.45, 2.75) is 51.7 Å². The largest absolute Gasteiger partial charge is 0.462 e. The molecule has 0 saturated carbocycles. The van der Waals surface area contributed by atoms with Crippen LogP contribution in [0, 0.1) is 0 Å². The summed E-state index contributed by atoms with van der Waals surface area (Å²) in [6.07, 6.45) is 5.55. The second kappa shape index (κ2) is 8.17. The second-order valence-electron chi connectivity index (χ2n) is 4.06. The summed E-state index contributed by atoms with van der Waals surface area (Å²) in [5.41, 5.74) is 0. The maximum Gasteiger partial charge on any atom is 0.231 e. The van der Waals surface area contributed by atoms with Gasteiger partial charge in [-0.25, -0.2) is 0 Å². The van der Waals surface area contributed by atoms with Crippen molar-refractivity contribution in [2.24, 2.45) is 0 Å². The summed E-state index contributed by atoms with van der Waals surface area (Å²) in [7, 11) is 0. The lowest BCUT2D eigenvalue weighted by molar-refractivity contribution is -0.0766. The lowest BCUT2D eigenvalue weighted by atomic mass is 10.1. The molecule has 0 saturated heterocycles. The first-order chi connectivity index (χ1) is 7.83. The van der Waals surface area contributed by atoms with Crippen LogP contribution >= 0.6 is 0 Å². The Hall–Kier alpha value is -1.02. The average Bonchev–Trinajstić information content (AvgIpc) is 2.30. The first kappa shape index (κ1) is 13.0. The van der Waals surface area contributed by atoms with E-state index in [1.165, 1.54) is 19.3 Å². The summed E-state index contributed by atoms with van der Waals surface area (Å²) >= 11 is 0. The fraction of sp³-hybridized carbons (Fsp3) is 0.571. The van der Waals surface area contributed by atoms with E-state index in [1.807, 2.05) is 30.3 Å². The fourth-order valence-electron chi connectivity index (χ4n) is 1.62. The molecule has 89 valence electrons. The van der Waals surface area contributed by atoms with Crippen LogP contribution in [0.4, 0.5) is 0 Å². The van der Waals surface area contributed by atoms with Crippen LogP contribution in [-0.4, -0.2) is 6.29 Å². The lowest BCUT2D eigenvalue weighted by Gasteiger charge is -2.11. The summed E-state index contributed by atoms with van der Waals surface area (Å²) in [5.74, 6) is 0.677. The number of hydrogen-bond donors (Lipinski definition) is 0. The highest BCUT2D eigenvalue weighted by Crippen LogP contribution is 2.14. The number of rotatable bonds is 8. The first-order valence-corrected chi connectivity index (χ1v) is 6.20. The predicted molar refractivity (Wildman–Crippen MR) is 64.9 cm³/mol. The number of ether oxygens (including phenoxy) is 1. The number of para-hydroxylation sites is 1. The van der Waals surface area contributed by atoms with Crippen LogP contribution < -0.4 is 4.74 Å². The Morgan fingerprint density at radius 2 is 1.75 bits per heavy atom. The van der Waals surface area contributed by atoms with Gasteiger partial charge in [-0.3, -0.25) is 0 Å². The SMILES string of the molecule is CCCCCCCC([O])Oc1ccccc1. The minimum atomic E-state index is -0.913. The van der Waals surface area contributed by atoms with Crippen molar-refractivity contribution < 1.29 is 9.84 Å². The summed E-state index contributed by atoms with van der Waals surface area (Å²) < 4.78 is 5.27. The van der Waals surface area contributed by atoms with Crippen molar-refractivity contribution in [3.63, 3.8) is 0 Å². The van der Waals surface area contributed by atoms with E-state index in [-0.39, 0.29) is 0 Å². The molecule has 1 rings (SSSR count). The third kappa shape index (κ3) is 5.76. The normalized spacial score (nSPS) is 12.4. The molecule has 0 N–H and O–H groups in total. The van der Waals surface area contributed by atoms with Crippen molar-refractivity contribution in [3.8, 4) is 5.75 Å². The standard InChI is InChI=1S/C14H21O2/c1-2-3-4-5-9-12-14(15)16-13-10-7-6-8-11-13/h6-8,10-11,14H,2-5,9,12H2,1H3. The van der Waals surface area contributed by atoms with E-state index in [2.05, 4.69) is 6.92 Å². The molecule has 1 aromatic carbocycles. The Kier molecular flexibility index (Phi) is 6.66. The van der Waals surface area contributed by atoms with Crippen molar-refractivity contribution >= 4 is 0 Å². The number of hydrogen-bond acceptors (Lipinski definition) is 1. The van der Waals surface area contributed by atoms with Gasteiger partial charge in [-0.05, 0) is 18.6 Å². The van der Waals surface area contributed by atoms with Gasteiger partial charge in [0.1, 0.15) is 5.75 Å². The van der Waals surface area contributed by atoms with Gasteiger partial charge in [-0.15, -0.1) is 0 Å². The van der Waals surface area contributed by atoms with Crippen molar-refractivity contribution in [1.29, 1.82) is 0 Å². The van der Waals surface area contributed by atoms with Gasteiger partial charge in [-0.2, -0.15) is 5.11 Å². The van der Waals surface area contributed by atoms with Crippen LogP contribution in [0.15, 0.2) is 30.3 Å². The van der Waals surface area contributed by atoms with E-state index >= 15 is 0 Å². The second-order valence-corrected chi connectivity index (χ2v) is 4.06. The van der Waals surface area contributed by atoms with Crippen LogP contribution in [0.2, 0.25) is 0 Å². The summed E-state index contributed by atoms with van der Waals surface area (Å²) in [5, 5.41) is 11.5. The minimum Gasteiger partial charge on any atom is -0.462 e. The quantitative estimate of drug-likeness (QED) is 0.478. The molecule has 16 heavy (non-hydrogen) atoms. The highest BCUT2D eigenvalue weighted by molar-refractivity contribution is 5.20. The molecule has 0 spiro atoms. The fourth-order valence-corrected chi connectivity index (χ4v) is 1.62. The molecule has 1 aromatic rings. The average molecular weight is 221 g/mol. The molecular formula is C14H21O2. The van der Waals surface area contributed by atoms with Gasteiger partial charge in [0.2, 0.25) is 6.29 Å². The highest BCUT2D eigenvalue weighted by atomic mass is 16.6. The molecule has 0 fully saturated rings. The van der Waals surface area contributed by atoms with E-state index < -0.39 is 6.29 Å². The van der Waals surface area contributed by atoms with Crippen LogP contribution in [0.5, 0.6) is 5.75 Å². The first-order valence-electron chi connectivity index (χ1n) is 6.20. The molecule has 0 aliphatic heterocycles. The molecule has 0 heterocycles. The maximum atomic E-state index is 11.5. The Balaban J connectivity index is 2.09. The van der Waals surface area contributed by atoms with Crippen molar-refractivity contribution in [2.75, 3.05) is 0 Å². The summed E-state index contributed by atoms with van der Waals surface area (Å²) in [6.45, 7) is 2.19. The van der Waals surface area contributed by atoms with Crippen LogP contribution in [0.25, 0.3) is 0 Å². The van der Waals surface area contributed by atoms with E-state index in [0.717, 1.165) is 12.8 Å². The van der Waals surface area contributed by atoms with Crippen LogP contribution in [0.3, 0.4) is 0 Å². The zero-order valence-electron chi connectivity index (χ0n) is 10.0. The molecule has 0 aliphatic carbocycles. The Morgan fingerprint density at radius 3 is 2.44 bits per heavy atom. The zero-order chi connectivity index (χ0) is 11.6. The molecule has 2 heteroatoms.